The van der Waals surface area contributed by atoms with Crippen molar-refractivity contribution in [1.29, 1.82) is 0 Å². The summed E-state index contributed by atoms with van der Waals surface area (Å²) in [7, 11) is 0. The fraction of sp³-hybridized carbons (Fsp3) is 0.308. The minimum absolute atomic E-state index is 0.202. The SMILES string of the molecule is O=C1CCC/C=C/Cc2ccccc2OC(=O)CCC/C=C/Cc2ccccc2O1. The number of para-hydroxylation sites is 2. The molecule has 1 heterocycles. The molecule has 1 aliphatic rings. The Labute approximate surface area is 178 Å². The molecule has 0 aliphatic carbocycles. The number of rotatable bonds is 0. The van der Waals surface area contributed by atoms with Gasteiger partial charge in [0.2, 0.25) is 0 Å². The van der Waals surface area contributed by atoms with Crippen LogP contribution in [0.4, 0.5) is 0 Å². The maximum absolute atomic E-state index is 12.2. The molecule has 30 heavy (non-hydrogen) atoms. The van der Waals surface area contributed by atoms with E-state index >= 15 is 0 Å². The van der Waals surface area contributed by atoms with Crippen LogP contribution in [0, 0.1) is 0 Å². The highest BCUT2D eigenvalue weighted by Gasteiger charge is 2.09. The van der Waals surface area contributed by atoms with E-state index < -0.39 is 0 Å². The molecule has 0 radical (unpaired) electrons. The molecule has 0 saturated carbocycles. The summed E-state index contributed by atoms with van der Waals surface area (Å²) in [4.78, 5) is 24.4. The number of hydrogen-bond acceptors (Lipinski definition) is 4. The molecule has 0 saturated heterocycles. The van der Waals surface area contributed by atoms with Gasteiger partial charge in [0.25, 0.3) is 0 Å². The van der Waals surface area contributed by atoms with E-state index in [1.54, 1.807) is 0 Å². The molecule has 0 atom stereocenters. The molecule has 0 amide bonds. The van der Waals surface area contributed by atoms with E-state index in [4.69, 9.17) is 9.47 Å². The number of carbonyl (C=O) groups excluding carboxylic acids is 2. The van der Waals surface area contributed by atoms with Crippen molar-refractivity contribution < 1.29 is 19.1 Å². The van der Waals surface area contributed by atoms with Gasteiger partial charge in [0.15, 0.2) is 0 Å². The van der Waals surface area contributed by atoms with E-state index in [9.17, 15) is 9.59 Å². The lowest BCUT2D eigenvalue weighted by molar-refractivity contribution is -0.135. The molecule has 1 aliphatic heterocycles. The number of carbonyl (C=O) groups is 2. The third-order valence-electron chi connectivity index (χ3n) is 4.91. The predicted molar refractivity (Wildman–Crippen MR) is 118 cm³/mol. The molecule has 2 aromatic carbocycles. The number of allylic oxidation sites excluding steroid dienone is 4. The smallest absolute Gasteiger partial charge is 0.311 e. The third kappa shape index (κ3) is 7.03. The average Bonchev–Trinajstić information content (AvgIpc) is 2.74. The topological polar surface area (TPSA) is 52.6 Å². The molecule has 156 valence electrons. The van der Waals surface area contributed by atoms with Gasteiger partial charge in [-0.2, -0.15) is 0 Å². The van der Waals surface area contributed by atoms with Crippen LogP contribution in [0.2, 0.25) is 0 Å². The van der Waals surface area contributed by atoms with Crippen LogP contribution in [0.3, 0.4) is 0 Å². The van der Waals surface area contributed by atoms with Gasteiger partial charge in [-0.15, -0.1) is 0 Å². The van der Waals surface area contributed by atoms with Crippen molar-refractivity contribution in [1.82, 2.24) is 0 Å². The lowest BCUT2D eigenvalue weighted by Crippen LogP contribution is -2.09. The van der Waals surface area contributed by atoms with Crippen LogP contribution in [-0.2, 0) is 22.4 Å². The van der Waals surface area contributed by atoms with Crippen LogP contribution in [-0.4, -0.2) is 11.9 Å². The summed E-state index contributed by atoms with van der Waals surface area (Å²) < 4.78 is 11.2. The van der Waals surface area contributed by atoms with E-state index in [0.29, 0.717) is 37.2 Å². The van der Waals surface area contributed by atoms with E-state index in [-0.39, 0.29) is 11.9 Å². The first-order valence-electron chi connectivity index (χ1n) is 10.6. The number of hydrogen-bond donors (Lipinski definition) is 0. The maximum atomic E-state index is 12.2. The molecule has 4 heteroatoms. The van der Waals surface area contributed by atoms with Crippen LogP contribution < -0.4 is 9.47 Å². The first-order chi connectivity index (χ1) is 14.7. The van der Waals surface area contributed by atoms with Gasteiger partial charge >= 0.3 is 11.9 Å². The van der Waals surface area contributed by atoms with Crippen LogP contribution in [0.1, 0.15) is 49.7 Å². The monoisotopic (exact) mass is 404 g/mol. The lowest BCUT2D eigenvalue weighted by atomic mass is 10.1. The Morgan fingerprint density at radius 3 is 1.47 bits per heavy atom. The second kappa shape index (κ2) is 11.8. The van der Waals surface area contributed by atoms with Gasteiger partial charge < -0.3 is 9.47 Å². The Hall–Kier alpha value is -3.14. The molecular weight excluding hydrogens is 376 g/mol. The maximum Gasteiger partial charge on any atom is 0.311 e. The van der Waals surface area contributed by atoms with Crippen molar-refractivity contribution >= 4 is 11.9 Å². The summed E-state index contributed by atoms with van der Waals surface area (Å²) in [5.74, 6) is 0.840. The highest BCUT2D eigenvalue weighted by molar-refractivity contribution is 5.73. The van der Waals surface area contributed by atoms with Crippen LogP contribution in [0.25, 0.3) is 0 Å². The second-order valence-corrected chi connectivity index (χ2v) is 7.30. The highest BCUT2D eigenvalue weighted by atomic mass is 16.5. The Bertz CT molecular complexity index is 835. The Morgan fingerprint density at radius 2 is 1.00 bits per heavy atom. The summed E-state index contributed by atoms with van der Waals surface area (Å²) >= 11 is 0. The zero-order valence-corrected chi connectivity index (χ0v) is 17.2. The van der Waals surface area contributed by atoms with E-state index in [1.165, 1.54) is 0 Å². The van der Waals surface area contributed by atoms with Gasteiger partial charge in [-0.25, -0.2) is 0 Å². The summed E-state index contributed by atoms with van der Waals surface area (Å²) in [5, 5.41) is 0. The first kappa shape index (κ1) is 21.6. The number of esters is 2. The van der Waals surface area contributed by atoms with Gasteiger partial charge in [0, 0.05) is 12.8 Å². The van der Waals surface area contributed by atoms with Gasteiger partial charge in [-0.3, -0.25) is 9.59 Å². The fourth-order valence-electron chi connectivity index (χ4n) is 3.28. The summed E-state index contributed by atoms with van der Waals surface area (Å²) in [6.45, 7) is 0. The van der Waals surface area contributed by atoms with Crippen molar-refractivity contribution in [3.63, 3.8) is 0 Å². The zero-order valence-electron chi connectivity index (χ0n) is 17.2. The normalized spacial score (nSPS) is 18.8. The molecule has 0 N–H and O–H groups in total. The van der Waals surface area contributed by atoms with Crippen molar-refractivity contribution in [2.24, 2.45) is 0 Å². The number of fused-ring (bicyclic) bond motifs is 2. The molecule has 0 unspecified atom stereocenters. The largest absolute Gasteiger partial charge is 0.426 e. The number of benzene rings is 2. The fourth-order valence-corrected chi connectivity index (χ4v) is 3.28. The molecule has 0 fully saturated rings. The Kier molecular flexibility index (Phi) is 8.46. The molecule has 0 bridgehead atoms. The molecule has 3 rings (SSSR count). The van der Waals surface area contributed by atoms with Gasteiger partial charge in [-0.05, 0) is 61.8 Å². The summed E-state index contributed by atoms with van der Waals surface area (Å²) in [6.07, 6.45) is 13.4. The van der Waals surface area contributed by atoms with E-state index in [2.05, 4.69) is 24.3 Å². The van der Waals surface area contributed by atoms with Crippen molar-refractivity contribution in [3.05, 3.63) is 84.0 Å². The minimum atomic E-state index is -0.202. The molecule has 2 aromatic rings. The van der Waals surface area contributed by atoms with Gasteiger partial charge in [0.05, 0.1) is 0 Å². The quantitative estimate of drug-likeness (QED) is 0.319. The second-order valence-electron chi connectivity index (χ2n) is 7.30. The first-order valence-corrected chi connectivity index (χ1v) is 10.6. The summed E-state index contributed by atoms with van der Waals surface area (Å²) in [6, 6.07) is 15.2. The Morgan fingerprint density at radius 1 is 0.567 bits per heavy atom. The van der Waals surface area contributed by atoms with Crippen molar-refractivity contribution in [2.75, 3.05) is 0 Å². The van der Waals surface area contributed by atoms with Crippen molar-refractivity contribution in [3.8, 4) is 11.5 Å². The van der Waals surface area contributed by atoms with Gasteiger partial charge in [-0.1, -0.05) is 60.7 Å². The van der Waals surface area contributed by atoms with Gasteiger partial charge in [0.1, 0.15) is 11.5 Å². The lowest BCUT2D eigenvalue weighted by Gasteiger charge is -2.09. The van der Waals surface area contributed by atoms with Crippen molar-refractivity contribution in [2.45, 2.75) is 51.4 Å². The van der Waals surface area contributed by atoms with E-state index in [0.717, 1.165) is 36.8 Å². The zero-order chi connectivity index (χ0) is 21.0. The van der Waals surface area contributed by atoms with Crippen LogP contribution in [0.15, 0.2) is 72.8 Å². The molecule has 0 spiro atoms. The van der Waals surface area contributed by atoms with Crippen LogP contribution in [0.5, 0.6) is 11.5 Å². The van der Waals surface area contributed by atoms with Crippen LogP contribution >= 0.6 is 0 Å². The molecule has 4 nitrogen and oxygen atoms in total. The van der Waals surface area contributed by atoms with E-state index in [1.807, 2.05) is 48.5 Å². The number of ether oxygens (including phenoxy) is 2. The molecule has 0 aromatic heterocycles. The Balaban J connectivity index is 1.68. The standard InChI is InChI=1S/C26H28O4/c27-25-19-7-3-1-5-13-21-15-9-11-17-23(21)29-26(28)20-8-4-2-6-14-22-16-10-12-18-24(22)30-25/h1-2,5-6,9-12,15-18H,3-4,7-8,13-14,19-20H2/b5-1+,6-2+. The molecular formula is C26H28O4. The predicted octanol–water partition coefficient (Wildman–Crippen LogP) is 5.75. The minimum Gasteiger partial charge on any atom is -0.426 e. The average molecular weight is 405 g/mol. The summed E-state index contributed by atoms with van der Waals surface area (Å²) in [5.41, 5.74) is 1.96. The highest BCUT2D eigenvalue weighted by Crippen LogP contribution is 2.21. The third-order valence-corrected chi connectivity index (χ3v) is 4.91.